The first kappa shape index (κ1) is 12.2. The maximum atomic E-state index is 10.7. The largest absolute Gasteiger partial charge is 0.481 e. The molecule has 2 aromatic rings. The zero-order valence-corrected chi connectivity index (χ0v) is 11.4. The van der Waals surface area contributed by atoms with Crippen molar-refractivity contribution in [1.29, 1.82) is 0 Å². The average Bonchev–Trinajstić information content (AvgIpc) is 2.52. The molecule has 0 unspecified atom stereocenters. The molecule has 1 N–H and O–H groups in total. The molecule has 0 aliphatic carbocycles. The van der Waals surface area contributed by atoms with Gasteiger partial charge in [-0.25, -0.2) is 0 Å². The number of rotatable bonds is 3. The van der Waals surface area contributed by atoms with Gasteiger partial charge < -0.3 is 9.67 Å². The molecule has 0 bridgehead atoms. The maximum Gasteiger partial charge on any atom is 0.303 e. The molecule has 17 heavy (non-hydrogen) atoms. The molecular weight excluding hydrogens is 282 g/mol. The van der Waals surface area contributed by atoms with Crippen LogP contribution in [-0.4, -0.2) is 15.6 Å². The van der Waals surface area contributed by atoms with Gasteiger partial charge in [-0.1, -0.05) is 22.0 Å². The SMILES string of the molecule is Cc1c(CCC(=O)O)c2c(Br)cccc2n1C. The number of benzene rings is 1. The second-order valence-electron chi connectivity index (χ2n) is 4.15. The summed E-state index contributed by atoms with van der Waals surface area (Å²) >= 11 is 3.54. The Labute approximate surface area is 108 Å². The Morgan fingerprint density at radius 1 is 1.47 bits per heavy atom. The summed E-state index contributed by atoms with van der Waals surface area (Å²) in [5.74, 6) is -0.756. The summed E-state index contributed by atoms with van der Waals surface area (Å²) in [6.07, 6.45) is 0.738. The van der Waals surface area contributed by atoms with E-state index in [1.165, 1.54) is 0 Å². The van der Waals surface area contributed by atoms with Crippen LogP contribution in [0.3, 0.4) is 0 Å². The fourth-order valence-electron chi connectivity index (χ4n) is 2.19. The van der Waals surface area contributed by atoms with Crippen molar-refractivity contribution < 1.29 is 9.90 Å². The molecule has 0 saturated heterocycles. The van der Waals surface area contributed by atoms with Crippen molar-refractivity contribution >= 4 is 32.8 Å². The quantitative estimate of drug-likeness (QED) is 0.944. The van der Waals surface area contributed by atoms with Crippen LogP contribution in [0.5, 0.6) is 0 Å². The van der Waals surface area contributed by atoms with Crippen molar-refractivity contribution in [2.24, 2.45) is 7.05 Å². The standard InChI is InChI=1S/C13H14BrNO2/c1-8-9(6-7-12(16)17)13-10(14)4-3-5-11(13)15(8)2/h3-5H,6-7H2,1-2H3,(H,16,17). The van der Waals surface area contributed by atoms with Crippen LogP contribution >= 0.6 is 15.9 Å². The maximum absolute atomic E-state index is 10.7. The minimum atomic E-state index is -0.756. The summed E-state index contributed by atoms with van der Waals surface area (Å²) in [5, 5.41) is 9.93. The first-order chi connectivity index (χ1) is 8.02. The van der Waals surface area contributed by atoms with E-state index in [-0.39, 0.29) is 6.42 Å². The molecule has 4 heteroatoms. The van der Waals surface area contributed by atoms with Gasteiger partial charge in [0.25, 0.3) is 0 Å². The Hall–Kier alpha value is -1.29. The Balaban J connectivity index is 2.60. The Bertz CT molecular complexity index is 587. The normalized spacial score (nSPS) is 11.0. The lowest BCUT2D eigenvalue weighted by molar-refractivity contribution is -0.136. The van der Waals surface area contributed by atoms with E-state index in [0.717, 1.165) is 26.6 Å². The molecule has 2 rings (SSSR count). The molecule has 0 saturated carbocycles. The Morgan fingerprint density at radius 3 is 2.82 bits per heavy atom. The molecule has 0 atom stereocenters. The smallest absolute Gasteiger partial charge is 0.303 e. The molecule has 0 radical (unpaired) electrons. The van der Waals surface area contributed by atoms with Gasteiger partial charge in [0, 0.05) is 34.5 Å². The molecule has 0 aliphatic heterocycles. The lowest BCUT2D eigenvalue weighted by Crippen LogP contribution is -1.99. The number of hydrogen-bond acceptors (Lipinski definition) is 1. The van der Waals surface area contributed by atoms with Crippen LogP contribution in [0.1, 0.15) is 17.7 Å². The third-order valence-corrected chi connectivity index (χ3v) is 3.84. The molecule has 0 aliphatic rings. The summed E-state index contributed by atoms with van der Waals surface area (Å²) in [6.45, 7) is 2.03. The van der Waals surface area contributed by atoms with Crippen LogP contribution < -0.4 is 0 Å². The number of carboxylic acid groups (broad SMARTS) is 1. The summed E-state index contributed by atoms with van der Waals surface area (Å²) in [6, 6.07) is 6.04. The number of carboxylic acids is 1. The summed E-state index contributed by atoms with van der Waals surface area (Å²) < 4.78 is 3.14. The van der Waals surface area contributed by atoms with E-state index in [0.29, 0.717) is 6.42 Å². The van der Waals surface area contributed by atoms with Gasteiger partial charge in [0.05, 0.1) is 0 Å². The van der Waals surface area contributed by atoms with Crippen LogP contribution in [0.2, 0.25) is 0 Å². The fourth-order valence-corrected chi connectivity index (χ4v) is 2.79. The number of aryl methyl sites for hydroxylation is 2. The topological polar surface area (TPSA) is 42.2 Å². The van der Waals surface area contributed by atoms with E-state index in [1.54, 1.807) is 0 Å². The van der Waals surface area contributed by atoms with Gasteiger partial charge in [-0.2, -0.15) is 0 Å². The highest BCUT2D eigenvalue weighted by Crippen LogP contribution is 2.32. The predicted octanol–water partition coefficient (Wildman–Crippen LogP) is 3.27. The fraction of sp³-hybridized carbons (Fsp3) is 0.308. The van der Waals surface area contributed by atoms with Crippen LogP contribution in [0.25, 0.3) is 10.9 Å². The minimum absolute atomic E-state index is 0.168. The number of halogens is 1. The van der Waals surface area contributed by atoms with Crippen LogP contribution in [0.15, 0.2) is 22.7 Å². The lowest BCUT2D eigenvalue weighted by atomic mass is 10.1. The molecule has 0 fully saturated rings. The Morgan fingerprint density at radius 2 is 2.18 bits per heavy atom. The zero-order valence-electron chi connectivity index (χ0n) is 9.83. The third kappa shape index (κ3) is 2.09. The zero-order chi connectivity index (χ0) is 12.6. The van der Waals surface area contributed by atoms with Crippen molar-refractivity contribution in [2.75, 3.05) is 0 Å². The lowest BCUT2D eigenvalue weighted by Gasteiger charge is -2.00. The monoisotopic (exact) mass is 295 g/mol. The van der Waals surface area contributed by atoms with Crippen molar-refractivity contribution in [2.45, 2.75) is 19.8 Å². The number of nitrogens with zero attached hydrogens (tertiary/aromatic N) is 1. The highest BCUT2D eigenvalue weighted by molar-refractivity contribution is 9.10. The van der Waals surface area contributed by atoms with Crippen molar-refractivity contribution in [3.8, 4) is 0 Å². The van der Waals surface area contributed by atoms with E-state index in [2.05, 4.69) is 26.6 Å². The van der Waals surface area contributed by atoms with Crippen LogP contribution in [0, 0.1) is 6.92 Å². The van der Waals surface area contributed by atoms with E-state index in [1.807, 2.05) is 26.1 Å². The van der Waals surface area contributed by atoms with E-state index >= 15 is 0 Å². The number of hydrogen-bond donors (Lipinski definition) is 1. The minimum Gasteiger partial charge on any atom is -0.481 e. The second-order valence-corrected chi connectivity index (χ2v) is 5.01. The summed E-state index contributed by atoms with van der Waals surface area (Å²) in [5.41, 5.74) is 3.39. The highest BCUT2D eigenvalue weighted by Gasteiger charge is 2.14. The van der Waals surface area contributed by atoms with Gasteiger partial charge in [0.1, 0.15) is 0 Å². The summed E-state index contributed by atoms with van der Waals surface area (Å²) in [7, 11) is 2.01. The molecule has 3 nitrogen and oxygen atoms in total. The van der Waals surface area contributed by atoms with E-state index in [9.17, 15) is 4.79 Å². The van der Waals surface area contributed by atoms with Crippen molar-refractivity contribution in [3.05, 3.63) is 33.9 Å². The molecule has 0 amide bonds. The number of fused-ring (bicyclic) bond motifs is 1. The first-order valence-corrected chi connectivity index (χ1v) is 6.26. The van der Waals surface area contributed by atoms with Gasteiger partial charge in [-0.05, 0) is 31.0 Å². The van der Waals surface area contributed by atoms with Gasteiger partial charge >= 0.3 is 5.97 Å². The number of aromatic nitrogens is 1. The molecule has 1 aromatic heterocycles. The third-order valence-electron chi connectivity index (χ3n) is 3.18. The molecule has 0 spiro atoms. The van der Waals surface area contributed by atoms with E-state index < -0.39 is 5.97 Å². The average molecular weight is 296 g/mol. The first-order valence-electron chi connectivity index (χ1n) is 5.46. The molecular formula is C13H14BrNO2. The van der Waals surface area contributed by atoms with Crippen LogP contribution in [-0.2, 0) is 18.3 Å². The number of carbonyl (C=O) groups is 1. The van der Waals surface area contributed by atoms with Crippen LogP contribution in [0.4, 0.5) is 0 Å². The number of aliphatic carboxylic acids is 1. The Kier molecular flexibility index (Phi) is 3.24. The highest BCUT2D eigenvalue weighted by atomic mass is 79.9. The molecule has 90 valence electrons. The molecule has 1 aromatic carbocycles. The second kappa shape index (κ2) is 4.53. The van der Waals surface area contributed by atoms with Gasteiger partial charge in [0.2, 0.25) is 0 Å². The predicted molar refractivity (Wildman–Crippen MR) is 71.3 cm³/mol. The van der Waals surface area contributed by atoms with Gasteiger partial charge in [0.15, 0.2) is 0 Å². The van der Waals surface area contributed by atoms with Crippen molar-refractivity contribution in [1.82, 2.24) is 4.57 Å². The van der Waals surface area contributed by atoms with Gasteiger partial charge in [-0.15, -0.1) is 0 Å². The van der Waals surface area contributed by atoms with Crippen molar-refractivity contribution in [3.63, 3.8) is 0 Å². The van der Waals surface area contributed by atoms with E-state index in [4.69, 9.17) is 5.11 Å². The molecule has 1 heterocycles. The van der Waals surface area contributed by atoms with Gasteiger partial charge in [-0.3, -0.25) is 4.79 Å². The summed E-state index contributed by atoms with van der Waals surface area (Å²) in [4.78, 5) is 10.7.